The second-order valence-electron chi connectivity index (χ2n) is 9.24. The smallest absolute Gasteiger partial charge is 0.252 e. The zero-order valence-electron chi connectivity index (χ0n) is 20.3. The van der Waals surface area contributed by atoms with Crippen molar-refractivity contribution in [2.45, 2.75) is 70.6 Å². The van der Waals surface area contributed by atoms with Gasteiger partial charge in [-0.2, -0.15) is 0 Å². The van der Waals surface area contributed by atoms with E-state index in [1.165, 1.54) is 19.3 Å². The maximum absolute atomic E-state index is 13.1. The van der Waals surface area contributed by atoms with Gasteiger partial charge >= 0.3 is 0 Å². The number of aromatic nitrogens is 5. The molecule has 4 aromatic rings. The molecular formula is C26H32N6O3. The Bertz CT molecular complexity index is 1310. The molecule has 184 valence electrons. The standard InChI is InChI=1S/C26H32N6O3/c1-3-24(25-28-29-30-32(25)17-22-10-7-13-35-22)31(20-8-5-4-6-9-20)16-19-14-18-11-12-21(34-2)15-23(18)27-26(19)33/h7,10-15,20,24H,3-6,8-9,16-17H2,1-2H3,(H,27,33)/t24-/m1/s1. The molecule has 35 heavy (non-hydrogen) atoms. The molecule has 1 atom stereocenters. The van der Waals surface area contributed by atoms with Crippen LogP contribution in [0.15, 0.2) is 51.9 Å². The van der Waals surface area contributed by atoms with Crippen LogP contribution in [-0.2, 0) is 13.1 Å². The van der Waals surface area contributed by atoms with E-state index < -0.39 is 0 Å². The highest BCUT2D eigenvalue weighted by Crippen LogP contribution is 2.33. The molecule has 1 aliphatic carbocycles. The number of nitrogens with zero attached hydrogens (tertiary/aromatic N) is 5. The van der Waals surface area contributed by atoms with E-state index in [-0.39, 0.29) is 11.6 Å². The molecule has 0 spiro atoms. The summed E-state index contributed by atoms with van der Waals surface area (Å²) in [5.74, 6) is 2.33. The summed E-state index contributed by atoms with van der Waals surface area (Å²) < 4.78 is 12.7. The first-order valence-corrected chi connectivity index (χ1v) is 12.4. The normalized spacial score (nSPS) is 15.6. The van der Waals surface area contributed by atoms with Crippen LogP contribution in [0, 0.1) is 0 Å². The van der Waals surface area contributed by atoms with Crippen molar-refractivity contribution in [2.24, 2.45) is 0 Å². The molecule has 0 radical (unpaired) electrons. The largest absolute Gasteiger partial charge is 0.497 e. The van der Waals surface area contributed by atoms with Gasteiger partial charge < -0.3 is 14.1 Å². The number of pyridine rings is 1. The number of hydrogen-bond donors (Lipinski definition) is 1. The Balaban J connectivity index is 1.50. The van der Waals surface area contributed by atoms with Crippen molar-refractivity contribution < 1.29 is 9.15 Å². The summed E-state index contributed by atoms with van der Waals surface area (Å²) >= 11 is 0. The Kier molecular flexibility index (Phi) is 6.94. The lowest BCUT2D eigenvalue weighted by Crippen LogP contribution is -2.41. The van der Waals surface area contributed by atoms with Gasteiger partial charge in [0.1, 0.15) is 18.1 Å². The fraction of sp³-hybridized carbons (Fsp3) is 0.462. The van der Waals surface area contributed by atoms with Crippen LogP contribution in [-0.4, -0.2) is 43.2 Å². The highest BCUT2D eigenvalue weighted by atomic mass is 16.5. The van der Waals surface area contributed by atoms with E-state index in [1.807, 2.05) is 41.1 Å². The maximum Gasteiger partial charge on any atom is 0.252 e. The minimum atomic E-state index is -0.0726. The lowest BCUT2D eigenvalue weighted by Gasteiger charge is -2.39. The number of tetrazole rings is 1. The quantitative estimate of drug-likeness (QED) is 0.381. The molecule has 1 fully saturated rings. The third kappa shape index (κ3) is 5.00. The van der Waals surface area contributed by atoms with Crippen molar-refractivity contribution in [2.75, 3.05) is 7.11 Å². The molecule has 1 N–H and O–H groups in total. The Hall–Kier alpha value is -3.46. The molecule has 9 nitrogen and oxygen atoms in total. The number of nitrogens with one attached hydrogen (secondary N) is 1. The number of hydrogen-bond acceptors (Lipinski definition) is 7. The van der Waals surface area contributed by atoms with Gasteiger partial charge in [0.2, 0.25) is 0 Å². The van der Waals surface area contributed by atoms with Crippen LogP contribution in [0.2, 0.25) is 0 Å². The molecule has 5 rings (SSSR count). The zero-order valence-corrected chi connectivity index (χ0v) is 20.3. The Labute approximate surface area is 204 Å². The van der Waals surface area contributed by atoms with Gasteiger partial charge in [-0.05, 0) is 65.4 Å². The van der Waals surface area contributed by atoms with Crippen molar-refractivity contribution in [3.63, 3.8) is 0 Å². The van der Waals surface area contributed by atoms with E-state index >= 15 is 0 Å². The second-order valence-corrected chi connectivity index (χ2v) is 9.24. The van der Waals surface area contributed by atoms with Crippen LogP contribution >= 0.6 is 0 Å². The molecule has 1 aliphatic rings. The van der Waals surface area contributed by atoms with Crippen LogP contribution in [0.4, 0.5) is 0 Å². The molecule has 9 heteroatoms. The number of benzene rings is 1. The molecule has 3 heterocycles. The number of methoxy groups -OCH3 is 1. The second kappa shape index (κ2) is 10.4. The van der Waals surface area contributed by atoms with Crippen LogP contribution in [0.5, 0.6) is 5.75 Å². The van der Waals surface area contributed by atoms with E-state index in [4.69, 9.17) is 9.15 Å². The summed E-state index contributed by atoms with van der Waals surface area (Å²) in [5.41, 5.74) is 1.45. The van der Waals surface area contributed by atoms with Gasteiger partial charge in [-0.25, -0.2) is 4.68 Å². The predicted molar refractivity (Wildman–Crippen MR) is 132 cm³/mol. The summed E-state index contributed by atoms with van der Waals surface area (Å²) in [7, 11) is 1.63. The Morgan fingerprint density at radius 3 is 2.83 bits per heavy atom. The lowest BCUT2D eigenvalue weighted by atomic mass is 9.92. The van der Waals surface area contributed by atoms with Crippen molar-refractivity contribution in [3.05, 3.63) is 70.2 Å². The van der Waals surface area contributed by atoms with Crippen molar-refractivity contribution in [1.82, 2.24) is 30.1 Å². The van der Waals surface area contributed by atoms with Gasteiger partial charge in [0.25, 0.3) is 5.56 Å². The molecule has 0 amide bonds. The van der Waals surface area contributed by atoms with Gasteiger partial charge in [0.15, 0.2) is 5.82 Å². The van der Waals surface area contributed by atoms with E-state index in [1.54, 1.807) is 13.4 Å². The average molecular weight is 477 g/mol. The van der Waals surface area contributed by atoms with Gasteiger partial charge in [0.05, 0.1) is 24.9 Å². The first-order chi connectivity index (χ1) is 17.2. The third-order valence-corrected chi connectivity index (χ3v) is 7.06. The first kappa shape index (κ1) is 23.3. The molecule has 0 unspecified atom stereocenters. The topological polar surface area (TPSA) is 102 Å². The Morgan fingerprint density at radius 2 is 2.09 bits per heavy atom. The molecule has 1 saturated carbocycles. The number of fused-ring (bicyclic) bond motifs is 1. The summed E-state index contributed by atoms with van der Waals surface area (Å²) in [6, 6.07) is 11.9. The van der Waals surface area contributed by atoms with E-state index in [0.717, 1.165) is 53.1 Å². The summed E-state index contributed by atoms with van der Waals surface area (Å²) in [6.07, 6.45) is 8.36. The molecular weight excluding hydrogens is 444 g/mol. The summed E-state index contributed by atoms with van der Waals surface area (Å²) in [4.78, 5) is 18.6. The predicted octanol–water partition coefficient (Wildman–Crippen LogP) is 4.45. The molecule has 3 aromatic heterocycles. The van der Waals surface area contributed by atoms with Crippen LogP contribution < -0.4 is 10.3 Å². The number of H-pyrrole nitrogens is 1. The monoisotopic (exact) mass is 476 g/mol. The number of rotatable bonds is 9. The highest BCUT2D eigenvalue weighted by Gasteiger charge is 2.32. The van der Waals surface area contributed by atoms with Crippen molar-refractivity contribution in [3.8, 4) is 5.75 Å². The Morgan fingerprint density at radius 1 is 1.23 bits per heavy atom. The zero-order chi connectivity index (χ0) is 24.2. The van der Waals surface area contributed by atoms with E-state index in [9.17, 15) is 4.79 Å². The van der Waals surface area contributed by atoms with E-state index in [0.29, 0.717) is 19.1 Å². The van der Waals surface area contributed by atoms with Gasteiger partial charge in [-0.3, -0.25) is 9.69 Å². The fourth-order valence-electron chi connectivity index (χ4n) is 5.25. The van der Waals surface area contributed by atoms with Crippen LogP contribution in [0.25, 0.3) is 10.9 Å². The minimum absolute atomic E-state index is 0.0194. The lowest BCUT2D eigenvalue weighted by molar-refractivity contribution is 0.0842. The number of aromatic amines is 1. The molecule has 0 saturated heterocycles. The van der Waals surface area contributed by atoms with Gasteiger partial charge in [-0.15, -0.1) is 5.10 Å². The van der Waals surface area contributed by atoms with E-state index in [2.05, 4.69) is 32.3 Å². The third-order valence-electron chi connectivity index (χ3n) is 7.06. The minimum Gasteiger partial charge on any atom is -0.497 e. The number of furan rings is 1. The van der Waals surface area contributed by atoms with Gasteiger partial charge in [0, 0.05) is 24.2 Å². The SMILES string of the molecule is CC[C@H](c1nnnn1Cc1ccco1)N(Cc1cc2ccc(OC)cc2[nH]c1=O)C1CCCCC1. The molecule has 0 aliphatic heterocycles. The average Bonchev–Trinajstić information content (AvgIpc) is 3.57. The van der Waals surface area contributed by atoms with Gasteiger partial charge in [-0.1, -0.05) is 26.2 Å². The summed E-state index contributed by atoms with van der Waals surface area (Å²) in [6.45, 7) is 3.17. The number of ether oxygens (including phenoxy) is 1. The van der Waals surface area contributed by atoms with Crippen LogP contribution in [0.1, 0.15) is 68.6 Å². The van der Waals surface area contributed by atoms with Crippen LogP contribution in [0.3, 0.4) is 0 Å². The molecule has 0 bridgehead atoms. The highest BCUT2D eigenvalue weighted by molar-refractivity contribution is 5.80. The molecule has 1 aromatic carbocycles. The maximum atomic E-state index is 13.1. The van der Waals surface area contributed by atoms with Crippen molar-refractivity contribution >= 4 is 10.9 Å². The fourth-order valence-corrected chi connectivity index (χ4v) is 5.25. The summed E-state index contributed by atoms with van der Waals surface area (Å²) in [5, 5.41) is 13.7. The first-order valence-electron chi connectivity index (χ1n) is 12.4. The van der Waals surface area contributed by atoms with Crippen molar-refractivity contribution in [1.29, 1.82) is 0 Å².